The van der Waals surface area contributed by atoms with Crippen LogP contribution >= 0.6 is 0 Å². The van der Waals surface area contributed by atoms with Gasteiger partial charge in [-0.1, -0.05) is 0 Å². The number of carbonyl (C=O) groups excluding carboxylic acids is 1. The second-order valence-electron chi connectivity index (χ2n) is 7.82. The molecule has 2 N–H and O–H groups in total. The average molecular weight is 385 g/mol. The molecule has 2 aliphatic heterocycles. The van der Waals surface area contributed by atoms with Crippen molar-refractivity contribution in [2.45, 2.75) is 32.0 Å². The summed E-state index contributed by atoms with van der Waals surface area (Å²) < 4.78 is 16.8. The Labute approximate surface area is 162 Å². The van der Waals surface area contributed by atoms with Crippen LogP contribution in [-0.2, 0) is 0 Å². The minimum Gasteiger partial charge on any atom is -0.488 e. The van der Waals surface area contributed by atoms with Gasteiger partial charge < -0.3 is 29.2 Å². The number of H-pyrrole nitrogens is 1. The molecule has 5 rings (SSSR count). The first-order valence-corrected chi connectivity index (χ1v) is 9.62. The molecule has 4 atom stereocenters. The zero-order valence-corrected chi connectivity index (χ0v) is 15.6. The van der Waals surface area contributed by atoms with Gasteiger partial charge in [-0.3, -0.25) is 4.79 Å². The summed E-state index contributed by atoms with van der Waals surface area (Å²) in [6.07, 6.45) is 2.07. The zero-order valence-electron chi connectivity index (χ0n) is 15.6. The van der Waals surface area contributed by atoms with Gasteiger partial charge in [-0.05, 0) is 43.7 Å². The van der Waals surface area contributed by atoms with E-state index in [1.165, 1.54) is 0 Å². The number of aromatic amines is 1. The van der Waals surface area contributed by atoms with Crippen LogP contribution in [0.25, 0.3) is 0 Å². The van der Waals surface area contributed by atoms with Crippen molar-refractivity contribution in [1.82, 2.24) is 14.9 Å². The molecule has 1 saturated carbocycles. The lowest BCUT2D eigenvalue weighted by Crippen LogP contribution is -2.42. The molecular weight excluding hydrogens is 362 g/mol. The Morgan fingerprint density at radius 3 is 2.82 bits per heavy atom. The second kappa shape index (κ2) is 6.70. The maximum Gasteiger partial charge on any atom is 0.271 e. The standard InChI is InChI=1S/C20H23N3O5/c1-11-21-7-15(22-11)20(25)23-8-12-4-16(24)18(5-13(12)9-23)28-14-2-3-17-19(6-14)27-10-26-17/h2-3,6-7,12-13,16,18,24H,4-5,8-10H2,1H3,(H,21,22)/t12-,13+,16+,18+/m0/s1. The highest BCUT2D eigenvalue weighted by molar-refractivity contribution is 5.92. The van der Waals surface area contributed by atoms with Gasteiger partial charge >= 0.3 is 0 Å². The van der Waals surface area contributed by atoms with E-state index in [-0.39, 0.29) is 18.8 Å². The predicted octanol–water partition coefficient (Wildman–Crippen LogP) is 1.74. The molecule has 3 heterocycles. The molecule has 1 saturated heterocycles. The first-order chi connectivity index (χ1) is 13.6. The van der Waals surface area contributed by atoms with E-state index in [1.807, 2.05) is 24.0 Å². The molecule has 0 spiro atoms. The van der Waals surface area contributed by atoms with Gasteiger partial charge in [-0.2, -0.15) is 0 Å². The molecule has 0 radical (unpaired) electrons. The summed E-state index contributed by atoms with van der Waals surface area (Å²) in [5.74, 6) is 3.33. The summed E-state index contributed by atoms with van der Waals surface area (Å²) in [6, 6.07) is 5.45. The molecule has 2 fully saturated rings. The molecule has 1 amide bonds. The summed E-state index contributed by atoms with van der Waals surface area (Å²) in [5.41, 5.74) is 0.518. The van der Waals surface area contributed by atoms with E-state index in [4.69, 9.17) is 14.2 Å². The van der Waals surface area contributed by atoms with Gasteiger partial charge in [-0.15, -0.1) is 0 Å². The number of aliphatic hydroxyl groups is 1. The van der Waals surface area contributed by atoms with Gasteiger partial charge in [0.15, 0.2) is 11.5 Å². The number of imidazole rings is 1. The number of aliphatic hydroxyl groups excluding tert-OH is 1. The number of aryl methyl sites for hydroxylation is 1. The van der Waals surface area contributed by atoms with Crippen LogP contribution in [0.2, 0.25) is 0 Å². The van der Waals surface area contributed by atoms with E-state index in [0.29, 0.717) is 60.7 Å². The Morgan fingerprint density at radius 1 is 1.25 bits per heavy atom. The number of benzene rings is 1. The van der Waals surface area contributed by atoms with Gasteiger partial charge in [0, 0.05) is 19.2 Å². The molecule has 0 bridgehead atoms. The summed E-state index contributed by atoms with van der Waals surface area (Å²) in [6.45, 7) is 3.38. The Bertz CT molecular complexity index is 898. The van der Waals surface area contributed by atoms with E-state index in [2.05, 4.69) is 9.97 Å². The zero-order chi connectivity index (χ0) is 19.3. The number of nitrogens with zero attached hydrogens (tertiary/aromatic N) is 2. The number of rotatable bonds is 3. The van der Waals surface area contributed by atoms with E-state index in [9.17, 15) is 9.90 Å². The monoisotopic (exact) mass is 385 g/mol. The summed E-state index contributed by atoms with van der Waals surface area (Å²) >= 11 is 0. The molecule has 3 aliphatic rings. The van der Waals surface area contributed by atoms with Gasteiger partial charge in [0.2, 0.25) is 6.79 Å². The van der Waals surface area contributed by atoms with Gasteiger partial charge in [0.05, 0.1) is 12.3 Å². The fraction of sp³-hybridized carbons (Fsp3) is 0.500. The quantitative estimate of drug-likeness (QED) is 0.835. The highest BCUT2D eigenvalue weighted by Gasteiger charge is 2.44. The lowest BCUT2D eigenvalue weighted by atomic mass is 9.78. The van der Waals surface area contributed by atoms with Gasteiger partial charge in [0.1, 0.15) is 23.4 Å². The first-order valence-electron chi connectivity index (χ1n) is 9.62. The third kappa shape index (κ3) is 3.07. The Hall–Kier alpha value is -2.74. The topological polar surface area (TPSA) is 96.9 Å². The first kappa shape index (κ1) is 17.4. The van der Waals surface area contributed by atoms with Crippen LogP contribution in [0.4, 0.5) is 0 Å². The third-order valence-corrected chi connectivity index (χ3v) is 5.94. The molecule has 2 aromatic rings. The van der Waals surface area contributed by atoms with Crippen molar-refractivity contribution in [1.29, 1.82) is 0 Å². The fourth-order valence-corrected chi connectivity index (χ4v) is 4.51. The maximum absolute atomic E-state index is 12.7. The maximum atomic E-state index is 12.7. The molecule has 1 aromatic heterocycles. The molecule has 28 heavy (non-hydrogen) atoms. The van der Waals surface area contributed by atoms with Crippen LogP contribution < -0.4 is 14.2 Å². The smallest absolute Gasteiger partial charge is 0.271 e. The normalized spacial score (nSPS) is 28.3. The molecule has 1 aliphatic carbocycles. The lowest BCUT2D eigenvalue weighted by molar-refractivity contribution is -0.0232. The molecule has 1 aromatic carbocycles. The van der Waals surface area contributed by atoms with Crippen LogP contribution in [-0.4, -0.2) is 58.0 Å². The second-order valence-corrected chi connectivity index (χ2v) is 7.82. The van der Waals surface area contributed by atoms with Crippen molar-refractivity contribution < 1.29 is 24.1 Å². The Balaban J connectivity index is 1.25. The van der Waals surface area contributed by atoms with Crippen LogP contribution in [0.15, 0.2) is 24.4 Å². The Kier molecular flexibility index (Phi) is 4.16. The SMILES string of the molecule is Cc1ncc(C(=O)N2C[C@H]3C[C@@H](Oc4ccc5c(c4)OCO5)[C@H](O)C[C@H]3C2)[nH]1. The van der Waals surface area contributed by atoms with Crippen LogP contribution in [0.5, 0.6) is 17.2 Å². The summed E-state index contributed by atoms with van der Waals surface area (Å²) in [7, 11) is 0. The number of ether oxygens (including phenoxy) is 3. The molecule has 8 heteroatoms. The number of nitrogens with one attached hydrogen (secondary N) is 1. The minimum absolute atomic E-state index is 0.0299. The summed E-state index contributed by atoms with van der Waals surface area (Å²) in [5, 5.41) is 10.6. The minimum atomic E-state index is -0.559. The highest BCUT2D eigenvalue weighted by atomic mass is 16.7. The highest BCUT2D eigenvalue weighted by Crippen LogP contribution is 2.40. The molecule has 148 valence electrons. The molecular formula is C20H23N3O5. The van der Waals surface area contributed by atoms with Crippen molar-refractivity contribution in [2.24, 2.45) is 11.8 Å². The van der Waals surface area contributed by atoms with E-state index >= 15 is 0 Å². The van der Waals surface area contributed by atoms with Crippen LogP contribution in [0.3, 0.4) is 0 Å². The number of carbonyl (C=O) groups is 1. The number of hydrogen-bond acceptors (Lipinski definition) is 6. The third-order valence-electron chi connectivity index (χ3n) is 5.94. The van der Waals surface area contributed by atoms with E-state index in [0.717, 1.165) is 5.82 Å². The summed E-state index contributed by atoms with van der Waals surface area (Å²) in [4.78, 5) is 21.7. The van der Waals surface area contributed by atoms with Crippen molar-refractivity contribution in [3.05, 3.63) is 35.9 Å². The fourth-order valence-electron chi connectivity index (χ4n) is 4.51. The molecule has 0 unspecified atom stereocenters. The van der Waals surface area contributed by atoms with E-state index in [1.54, 1.807) is 12.3 Å². The molecule has 8 nitrogen and oxygen atoms in total. The average Bonchev–Trinajstić information content (AvgIpc) is 3.40. The number of aromatic nitrogens is 2. The van der Waals surface area contributed by atoms with Crippen molar-refractivity contribution in [3.8, 4) is 17.2 Å². The predicted molar refractivity (Wildman–Crippen MR) is 98.4 cm³/mol. The number of hydrogen-bond donors (Lipinski definition) is 2. The number of fused-ring (bicyclic) bond motifs is 2. The largest absolute Gasteiger partial charge is 0.488 e. The lowest BCUT2D eigenvalue weighted by Gasteiger charge is -2.35. The van der Waals surface area contributed by atoms with Gasteiger partial charge in [-0.25, -0.2) is 4.98 Å². The van der Waals surface area contributed by atoms with Gasteiger partial charge in [0.25, 0.3) is 5.91 Å². The number of amides is 1. The number of likely N-dealkylation sites (tertiary alicyclic amines) is 1. The van der Waals surface area contributed by atoms with Crippen LogP contribution in [0, 0.1) is 18.8 Å². The Morgan fingerprint density at radius 2 is 2.04 bits per heavy atom. The van der Waals surface area contributed by atoms with Crippen molar-refractivity contribution >= 4 is 5.91 Å². The van der Waals surface area contributed by atoms with Crippen molar-refractivity contribution in [3.63, 3.8) is 0 Å². The van der Waals surface area contributed by atoms with Crippen molar-refractivity contribution in [2.75, 3.05) is 19.9 Å². The van der Waals surface area contributed by atoms with Crippen LogP contribution in [0.1, 0.15) is 29.2 Å². The van der Waals surface area contributed by atoms with E-state index < -0.39 is 6.10 Å².